The van der Waals surface area contributed by atoms with Crippen LogP contribution in [-0.2, 0) is 0 Å². The number of hydrogen-bond donors (Lipinski definition) is 1. The summed E-state index contributed by atoms with van der Waals surface area (Å²) in [6.07, 6.45) is 0. The lowest BCUT2D eigenvalue weighted by Gasteiger charge is -2.18. The van der Waals surface area contributed by atoms with Crippen LogP contribution < -0.4 is 5.32 Å². The molecule has 0 spiro atoms. The van der Waals surface area contributed by atoms with E-state index in [1.54, 1.807) is 60.7 Å². The molecular weight excluding hydrogens is 449 g/mol. The van der Waals surface area contributed by atoms with Crippen molar-refractivity contribution in [2.75, 3.05) is 5.32 Å². The van der Waals surface area contributed by atoms with E-state index in [0.29, 0.717) is 43.7 Å². The van der Waals surface area contributed by atoms with Gasteiger partial charge in [0.25, 0.3) is 5.91 Å². The highest BCUT2D eigenvalue weighted by Gasteiger charge is 2.29. The molecule has 1 N–H and O–H groups in total. The van der Waals surface area contributed by atoms with Crippen LogP contribution >= 0.6 is 23.2 Å². The molecule has 32 heavy (non-hydrogen) atoms. The zero-order valence-electron chi connectivity index (χ0n) is 16.3. The van der Waals surface area contributed by atoms with Crippen LogP contribution in [0.25, 0.3) is 11.3 Å². The van der Waals surface area contributed by atoms with Crippen LogP contribution in [0.4, 0.5) is 5.69 Å². The van der Waals surface area contributed by atoms with Crippen LogP contribution in [-0.4, -0.2) is 17.5 Å². The Balaban J connectivity index is 1.40. The molecule has 5 rings (SSSR count). The third kappa shape index (κ3) is 3.42. The highest BCUT2D eigenvalue weighted by molar-refractivity contribution is 6.42. The van der Waals surface area contributed by atoms with Gasteiger partial charge in [-0.1, -0.05) is 47.5 Å². The van der Waals surface area contributed by atoms with Crippen molar-refractivity contribution in [3.05, 3.63) is 111 Å². The number of nitrogens with one attached hydrogen (secondary N) is 1. The quantitative estimate of drug-likeness (QED) is 0.342. The summed E-state index contributed by atoms with van der Waals surface area (Å²) in [5.41, 5.74) is 2.35. The number of carbonyl (C=O) groups is 3. The Morgan fingerprint density at radius 3 is 2.12 bits per heavy atom. The molecular formula is C25H13Cl2NO4. The smallest absolute Gasteiger partial charge is 0.291 e. The molecule has 0 aliphatic heterocycles. The van der Waals surface area contributed by atoms with Crippen molar-refractivity contribution in [2.45, 2.75) is 0 Å². The predicted molar refractivity (Wildman–Crippen MR) is 122 cm³/mol. The van der Waals surface area contributed by atoms with E-state index in [1.165, 1.54) is 12.1 Å². The van der Waals surface area contributed by atoms with Crippen LogP contribution in [0.5, 0.6) is 0 Å². The van der Waals surface area contributed by atoms with Gasteiger partial charge in [-0.15, -0.1) is 0 Å². The fraction of sp³-hybridized carbons (Fsp3) is 0. The monoisotopic (exact) mass is 461 g/mol. The molecule has 7 heteroatoms. The number of ketones is 2. The lowest BCUT2D eigenvalue weighted by Crippen LogP contribution is -2.21. The van der Waals surface area contributed by atoms with Gasteiger partial charge in [-0.05, 0) is 48.5 Å². The molecule has 0 bridgehead atoms. The van der Waals surface area contributed by atoms with Gasteiger partial charge >= 0.3 is 0 Å². The number of amides is 1. The number of rotatable bonds is 3. The maximum atomic E-state index is 12.9. The van der Waals surface area contributed by atoms with Crippen LogP contribution in [0.15, 0.2) is 77.2 Å². The first-order chi connectivity index (χ1) is 15.4. The van der Waals surface area contributed by atoms with Crippen molar-refractivity contribution < 1.29 is 18.8 Å². The van der Waals surface area contributed by atoms with Crippen molar-refractivity contribution in [1.82, 2.24) is 0 Å². The summed E-state index contributed by atoms with van der Waals surface area (Å²) in [5, 5.41) is 3.51. The van der Waals surface area contributed by atoms with E-state index in [9.17, 15) is 14.4 Å². The molecule has 0 unspecified atom stereocenters. The zero-order valence-corrected chi connectivity index (χ0v) is 17.8. The van der Waals surface area contributed by atoms with E-state index in [2.05, 4.69) is 5.32 Å². The summed E-state index contributed by atoms with van der Waals surface area (Å²) in [7, 11) is 0. The average Bonchev–Trinajstić information content (AvgIpc) is 3.30. The molecule has 156 valence electrons. The van der Waals surface area contributed by atoms with Gasteiger partial charge < -0.3 is 9.73 Å². The highest BCUT2D eigenvalue weighted by Crippen LogP contribution is 2.31. The number of anilines is 1. The highest BCUT2D eigenvalue weighted by atomic mass is 35.5. The van der Waals surface area contributed by atoms with E-state index in [4.69, 9.17) is 27.6 Å². The first-order valence-electron chi connectivity index (χ1n) is 9.61. The third-order valence-corrected chi connectivity index (χ3v) is 5.96. The van der Waals surface area contributed by atoms with Gasteiger partial charge in [0, 0.05) is 33.5 Å². The van der Waals surface area contributed by atoms with Crippen molar-refractivity contribution in [2.24, 2.45) is 0 Å². The van der Waals surface area contributed by atoms with Crippen molar-refractivity contribution in [3.8, 4) is 11.3 Å². The number of furan rings is 1. The number of halogens is 2. The third-order valence-electron chi connectivity index (χ3n) is 5.22. The standard InChI is InChI=1S/C25H13Cl2NO4/c26-19-8-5-13(11-20(19)27)21-9-10-22(32-21)25(31)28-14-6-7-17-18(12-14)24(30)16-4-2-1-3-15(16)23(17)29/h1-12H,(H,28,31). The number of hydrogen-bond acceptors (Lipinski definition) is 4. The molecule has 1 amide bonds. The Labute approximate surface area is 192 Å². The topological polar surface area (TPSA) is 76.4 Å². The van der Waals surface area contributed by atoms with Gasteiger partial charge in [-0.25, -0.2) is 0 Å². The molecule has 5 nitrogen and oxygen atoms in total. The molecule has 0 fully saturated rings. The van der Waals surface area contributed by atoms with E-state index in [1.807, 2.05) is 0 Å². The molecule has 1 aliphatic carbocycles. The van der Waals surface area contributed by atoms with E-state index in [0.717, 1.165) is 0 Å². The van der Waals surface area contributed by atoms with Crippen LogP contribution in [0.1, 0.15) is 42.4 Å². The second-order valence-corrected chi connectivity index (χ2v) is 8.03. The molecule has 1 heterocycles. The van der Waals surface area contributed by atoms with Gasteiger partial charge in [0.15, 0.2) is 17.3 Å². The Morgan fingerprint density at radius 2 is 1.41 bits per heavy atom. The van der Waals surface area contributed by atoms with Crippen molar-refractivity contribution in [1.29, 1.82) is 0 Å². The van der Waals surface area contributed by atoms with Crippen molar-refractivity contribution >= 4 is 46.4 Å². The molecule has 4 aromatic rings. The first-order valence-corrected chi connectivity index (χ1v) is 10.4. The molecule has 0 saturated carbocycles. The van der Waals surface area contributed by atoms with Crippen LogP contribution in [0.2, 0.25) is 10.0 Å². The zero-order chi connectivity index (χ0) is 22.4. The predicted octanol–water partition coefficient (Wildman–Crippen LogP) is 6.28. The summed E-state index contributed by atoms with van der Waals surface area (Å²) >= 11 is 12.0. The number of benzene rings is 3. The Morgan fingerprint density at radius 1 is 0.719 bits per heavy atom. The van der Waals surface area contributed by atoms with Gasteiger partial charge in [-0.2, -0.15) is 0 Å². The molecule has 0 radical (unpaired) electrons. The number of carbonyl (C=O) groups excluding carboxylic acids is 3. The normalized spacial score (nSPS) is 12.3. The summed E-state index contributed by atoms with van der Waals surface area (Å²) in [5.74, 6) is -0.434. The molecule has 1 aliphatic rings. The Kier molecular flexibility index (Phi) is 4.93. The largest absolute Gasteiger partial charge is 0.451 e. The molecule has 0 saturated heterocycles. The van der Waals surface area contributed by atoms with Gasteiger partial charge in [0.2, 0.25) is 0 Å². The Hall–Kier alpha value is -3.67. The second kappa shape index (κ2) is 7.79. The summed E-state index contributed by atoms with van der Waals surface area (Å²) < 4.78 is 5.66. The first kappa shape index (κ1) is 20.2. The fourth-order valence-corrected chi connectivity index (χ4v) is 3.93. The Bertz CT molecular complexity index is 1440. The lowest BCUT2D eigenvalue weighted by molar-refractivity contribution is 0.0979. The maximum Gasteiger partial charge on any atom is 0.291 e. The minimum atomic E-state index is -0.494. The number of fused-ring (bicyclic) bond motifs is 2. The van der Waals surface area contributed by atoms with E-state index in [-0.39, 0.29) is 22.9 Å². The van der Waals surface area contributed by atoms with Gasteiger partial charge in [0.1, 0.15) is 5.76 Å². The summed E-state index contributed by atoms with van der Waals surface area (Å²) in [4.78, 5) is 38.3. The van der Waals surface area contributed by atoms with Gasteiger partial charge in [-0.3, -0.25) is 14.4 Å². The molecule has 1 aromatic heterocycles. The van der Waals surface area contributed by atoms with Crippen molar-refractivity contribution in [3.63, 3.8) is 0 Å². The lowest BCUT2D eigenvalue weighted by atomic mass is 9.84. The minimum Gasteiger partial charge on any atom is -0.451 e. The van der Waals surface area contributed by atoms with Crippen LogP contribution in [0.3, 0.4) is 0 Å². The minimum absolute atomic E-state index is 0.0801. The SMILES string of the molecule is O=C(Nc1ccc2c(c1)C(=O)c1ccccc1C2=O)c1ccc(-c2ccc(Cl)c(Cl)c2)o1. The van der Waals surface area contributed by atoms with Gasteiger partial charge in [0.05, 0.1) is 10.0 Å². The summed E-state index contributed by atoms with van der Waals surface area (Å²) in [6.45, 7) is 0. The maximum absolute atomic E-state index is 12.9. The molecule has 0 atom stereocenters. The fourth-order valence-electron chi connectivity index (χ4n) is 3.63. The summed E-state index contributed by atoms with van der Waals surface area (Å²) in [6, 6.07) is 19.5. The van der Waals surface area contributed by atoms with E-state index < -0.39 is 5.91 Å². The van der Waals surface area contributed by atoms with E-state index >= 15 is 0 Å². The average molecular weight is 462 g/mol. The second-order valence-electron chi connectivity index (χ2n) is 7.21. The van der Waals surface area contributed by atoms with Crippen LogP contribution in [0, 0.1) is 0 Å². The molecule has 3 aromatic carbocycles.